The van der Waals surface area contributed by atoms with E-state index < -0.39 is 0 Å². The minimum absolute atomic E-state index is 0.0590. The molecule has 23 heavy (non-hydrogen) atoms. The van der Waals surface area contributed by atoms with Crippen molar-refractivity contribution in [3.8, 4) is 11.5 Å². The van der Waals surface area contributed by atoms with Gasteiger partial charge in [0.25, 0.3) is 0 Å². The molecule has 1 aliphatic heterocycles. The van der Waals surface area contributed by atoms with Crippen molar-refractivity contribution in [2.45, 2.75) is 0 Å². The van der Waals surface area contributed by atoms with Crippen LogP contribution < -0.4 is 9.47 Å². The Balaban J connectivity index is 1.64. The fourth-order valence-electron chi connectivity index (χ4n) is 2.71. The highest BCUT2D eigenvalue weighted by Gasteiger charge is 2.15. The zero-order chi connectivity index (χ0) is 15.6. The van der Waals surface area contributed by atoms with Crippen molar-refractivity contribution >= 4 is 22.6 Å². The summed E-state index contributed by atoms with van der Waals surface area (Å²) in [6, 6.07) is 19.4. The molecule has 0 bridgehead atoms. The van der Waals surface area contributed by atoms with Crippen molar-refractivity contribution in [2.24, 2.45) is 0 Å². The van der Waals surface area contributed by atoms with Crippen LogP contribution >= 0.6 is 0 Å². The Labute approximate surface area is 133 Å². The summed E-state index contributed by atoms with van der Waals surface area (Å²) in [7, 11) is 0. The van der Waals surface area contributed by atoms with Crippen molar-refractivity contribution in [3.63, 3.8) is 0 Å². The number of carbonyl (C=O) groups is 1. The molecule has 0 radical (unpaired) electrons. The Bertz CT molecular complexity index is 920. The average molecular weight is 302 g/mol. The largest absolute Gasteiger partial charge is 0.454 e. The van der Waals surface area contributed by atoms with E-state index in [0.29, 0.717) is 17.1 Å². The zero-order valence-electron chi connectivity index (χ0n) is 12.4. The maximum Gasteiger partial charge on any atom is 0.231 e. The van der Waals surface area contributed by atoms with Crippen LogP contribution in [0.1, 0.15) is 15.9 Å². The summed E-state index contributed by atoms with van der Waals surface area (Å²) in [4.78, 5) is 12.4. The van der Waals surface area contributed by atoms with E-state index in [1.54, 1.807) is 24.3 Å². The van der Waals surface area contributed by atoms with Crippen LogP contribution in [-0.2, 0) is 0 Å². The second kappa shape index (κ2) is 5.61. The molecule has 112 valence electrons. The van der Waals surface area contributed by atoms with Crippen LogP contribution in [0.2, 0.25) is 0 Å². The lowest BCUT2D eigenvalue weighted by Gasteiger charge is -2.02. The highest BCUT2D eigenvalue weighted by atomic mass is 16.7. The quantitative estimate of drug-likeness (QED) is 0.529. The minimum atomic E-state index is -0.0590. The standard InChI is InChI=1S/C20H14O3/c21-18(16-9-11-19-20(12-16)23-13-22-19)10-8-15-6-3-5-14-4-1-2-7-17(14)15/h1-12H,13H2. The Morgan fingerprint density at radius 2 is 1.74 bits per heavy atom. The molecule has 4 rings (SSSR count). The first-order chi connectivity index (χ1) is 11.3. The van der Waals surface area contributed by atoms with E-state index in [1.807, 2.05) is 30.3 Å². The lowest BCUT2D eigenvalue weighted by molar-refractivity contribution is 0.104. The molecule has 0 saturated heterocycles. The summed E-state index contributed by atoms with van der Waals surface area (Å²) < 4.78 is 10.6. The van der Waals surface area contributed by atoms with Crippen molar-refractivity contribution in [1.82, 2.24) is 0 Å². The van der Waals surface area contributed by atoms with Crippen molar-refractivity contribution in [2.75, 3.05) is 6.79 Å². The molecule has 0 fully saturated rings. The first-order valence-electron chi connectivity index (χ1n) is 7.41. The monoisotopic (exact) mass is 302 g/mol. The van der Waals surface area contributed by atoms with E-state index in [-0.39, 0.29) is 12.6 Å². The van der Waals surface area contributed by atoms with Crippen LogP contribution in [0.3, 0.4) is 0 Å². The fraction of sp³-hybridized carbons (Fsp3) is 0.0500. The van der Waals surface area contributed by atoms with E-state index >= 15 is 0 Å². The number of hydrogen-bond acceptors (Lipinski definition) is 3. The molecular weight excluding hydrogens is 288 g/mol. The molecule has 0 spiro atoms. The van der Waals surface area contributed by atoms with Crippen LogP contribution in [-0.4, -0.2) is 12.6 Å². The highest BCUT2D eigenvalue weighted by Crippen LogP contribution is 2.32. The molecule has 3 nitrogen and oxygen atoms in total. The molecule has 3 heteroatoms. The molecule has 0 saturated carbocycles. The van der Waals surface area contributed by atoms with Gasteiger partial charge in [0.05, 0.1) is 0 Å². The van der Waals surface area contributed by atoms with Crippen molar-refractivity contribution in [3.05, 3.63) is 77.9 Å². The van der Waals surface area contributed by atoms with E-state index in [2.05, 4.69) is 18.2 Å². The maximum absolute atomic E-state index is 12.4. The van der Waals surface area contributed by atoms with Gasteiger partial charge in [0.1, 0.15) is 0 Å². The van der Waals surface area contributed by atoms with Crippen LogP contribution in [0.4, 0.5) is 0 Å². The number of benzene rings is 3. The van der Waals surface area contributed by atoms with Crippen LogP contribution in [0.5, 0.6) is 11.5 Å². The molecule has 0 N–H and O–H groups in total. The van der Waals surface area contributed by atoms with Crippen molar-refractivity contribution in [1.29, 1.82) is 0 Å². The first-order valence-corrected chi connectivity index (χ1v) is 7.41. The van der Waals surface area contributed by atoms with Gasteiger partial charge in [0.15, 0.2) is 17.3 Å². The summed E-state index contributed by atoms with van der Waals surface area (Å²) in [6.45, 7) is 0.207. The highest BCUT2D eigenvalue weighted by molar-refractivity contribution is 6.08. The summed E-state index contributed by atoms with van der Waals surface area (Å²) >= 11 is 0. The molecular formula is C20H14O3. The maximum atomic E-state index is 12.4. The SMILES string of the molecule is O=C(C=Cc1cccc2ccccc12)c1ccc2c(c1)OCO2. The number of ether oxygens (including phenoxy) is 2. The Kier molecular flexibility index (Phi) is 3.31. The summed E-state index contributed by atoms with van der Waals surface area (Å²) in [5, 5.41) is 2.29. The molecule has 1 heterocycles. The van der Waals surface area contributed by atoms with Gasteiger partial charge in [0, 0.05) is 5.56 Å². The molecule has 1 aliphatic rings. The van der Waals surface area contributed by atoms with Gasteiger partial charge in [-0.15, -0.1) is 0 Å². The first kappa shape index (κ1) is 13.6. The summed E-state index contributed by atoms with van der Waals surface area (Å²) in [6.07, 6.45) is 3.45. The lowest BCUT2D eigenvalue weighted by Crippen LogP contribution is -1.94. The molecule has 0 aromatic heterocycles. The zero-order valence-corrected chi connectivity index (χ0v) is 12.4. The van der Waals surface area contributed by atoms with E-state index in [1.165, 1.54) is 0 Å². The third-order valence-electron chi connectivity index (χ3n) is 3.89. The van der Waals surface area contributed by atoms with Gasteiger partial charge < -0.3 is 9.47 Å². The Hall–Kier alpha value is -3.07. The average Bonchev–Trinajstić information content (AvgIpc) is 3.07. The van der Waals surface area contributed by atoms with E-state index in [4.69, 9.17) is 9.47 Å². The third-order valence-corrected chi connectivity index (χ3v) is 3.89. The van der Waals surface area contributed by atoms with Gasteiger partial charge in [-0.1, -0.05) is 48.5 Å². The molecule has 0 aliphatic carbocycles. The third kappa shape index (κ3) is 2.57. The van der Waals surface area contributed by atoms with Crippen LogP contribution in [0, 0.1) is 0 Å². The van der Waals surface area contributed by atoms with Crippen molar-refractivity contribution < 1.29 is 14.3 Å². The normalized spacial score (nSPS) is 12.9. The van der Waals surface area contributed by atoms with Gasteiger partial charge in [-0.3, -0.25) is 4.79 Å². The van der Waals surface area contributed by atoms with E-state index in [9.17, 15) is 4.79 Å². The van der Waals surface area contributed by atoms with Gasteiger partial charge >= 0.3 is 0 Å². The lowest BCUT2D eigenvalue weighted by atomic mass is 10.0. The number of ketones is 1. The van der Waals surface area contributed by atoms with Gasteiger partial charge in [-0.05, 0) is 40.6 Å². The van der Waals surface area contributed by atoms with Gasteiger partial charge in [-0.25, -0.2) is 0 Å². The number of allylic oxidation sites excluding steroid dienone is 1. The predicted molar refractivity (Wildman–Crippen MR) is 89.9 cm³/mol. The molecule has 0 unspecified atom stereocenters. The molecule has 0 atom stereocenters. The van der Waals surface area contributed by atoms with Crippen LogP contribution in [0.25, 0.3) is 16.8 Å². The minimum Gasteiger partial charge on any atom is -0.454 e. The van der Waals surface area contributed by atoms with Crippen LogP contribution in [0.15, 0.2) is 66.7 Å². The Morgan fingerprint density at radius 1 is 0.913 bits per heavy atom. The smallest absolute Gasteiger partial charge is 0.231 e. The molecule has 3 aromatic carbocycles. The number of fused-ring (bicyclic) bond motifs is 2. The predicted octanol–water partition coefficient (Wildman–Crippen LogP) is 4.46. The number of rotatable bonds is 3. The molecule has 0 amide bonds. The topological polar surface area (TPSA) is 35.5 Å². The number of hydrogen-bond donors (Lipinski definition) is 0. The van der Waals surface area contributed by atoms with Gasteiger partial charge in [-0.2, -0.15) is 0 Å². The summed E-state index contributed by atoms with van der Waals surface area (Å²) in [5.74, 6) is 1.24. The second-order valence-corrected chi connectivity index (χ2v) is 5.33. The Morgan fingerprint density at radius 3 is 2.70 bits per heavy atom. The molecule has 3 aromatic rings. The summed E-state index contributed by atoms with van der Waals surface area (Å²) in [5.41, 5.74) is 1.61. The van der Waals surface area contributed by atoms with Gasteiger partial charge in [0.2, 0.25) is 6.79 Å². The fourth-order valence-corrected chi connectivity index (χ4v) is 2.71. The number of carbonyl (C=O) groups excluding carboxylic acids is 1. The second-order valence-electron chi connectivity index (χ2n) is 5.33. The van der Waals surface area contributed by atoms with E-state index in [0.717, 1.165) is 16.3 Å².